The number of nitrogen functional groups attached to an aromatic ring is 1. The second kappa shape index (κ2) is 3.62. The molecule has 0 spiro atoms. The molecule has 0 radical (unpaired) electrons. The summed E-state index contributed by atoms with van der Waals surface area (Å²) in [5, 5.41) is 0. The maximum atomic E-state index is 7.86. The molecule has 2 heterocycles. The fourth-order valence-electron chi connectivity index (χ4n) is 0.723. The lowest BCUT2D eigenvalue weighted by molar-refractivity contribution is 0.122. The molecule has 0 unspecified atom stereocenters. The molecule has 2 rings (SSSR count). The summed E-state index contributed by atoms with van der Waals surface area (Å²) < 4.78 is 89.0. The lowest BCUT2D eigenvalue weighted by Crippen LogP contribution is -2.36. The fourth-order valence-corrected chi connectivity index (χ4v) is 0.723. The number of ether oxygens (including phenoxy) is 1. The minimum atomic E-state index is -3.31. The van der Waals surface area contributed by atoms with E-state index in [4.69, 9.17) is 20.8 Å². The second-order valence-corrected chi connectivity index (χ2v) is 2.06. The van der Waals surface area contributed by atoms with Crippen LogP contribution in [-0.4, -0.2) is 31.1 Å². The Morgan fingerprint density at radius 2 is 2.31 bits per heavy atom. The number of morpholine rings is 1. The van der Waals surface area contributed by atoms with Crippen molar-refractivity contribution in [3.63, 3.8) is 0 Å². The third-order valence-corrected chi connectivity index (χ3v) is 1.22. The van der Waals surface area contributed by atoms with Crippen LogP contribution in [0.1, 0.15) is 15.1 Å². The zero-order chi connectivity index (χ0) is 18.9. The SMILES string of the molecule is [2H]c1c(N)nc(N2C([2H])([2H])C([2H])([2H])OC([2H])([2H])C2([2H])[2H])c([2H])c1[2H]. The van der Waals surface area contributed by atoms with Gasteiger partial charge in [-0.2, -0.15) is 0 Å². The quantitative estimate of drug-likeness (QED) is 0.700. The molecule has 1 aliphatic heterocycles. The van der Waals surface area contributed by atoms with Crippen molar-refractivity contribution in [2.24, 2.45) is 0 Å². The summed E-state index contributed by atoms with van der Waals surface area (Å²) in [6.07, 6.45) is 0. The lowest BCUT2D eigenvalue weighted by Gasteiger charge is -2.27. The van der Waals surface area contributed by atoms with E-state index < -0.39 is 55.9 Å². The molecule has 0 saturated carbocycles. The Morgan fingerprint density at radius 3 is 3.08 bits per heavy atom. The Hall–Kier alpha value is -1.29. The number of hydrogen-bond donors (Lipinski definition) is 1. The smallest absolute Gasteiger partial charge is 0.131 e. The summed E-state index contributed by atoms with van der Waals surface area (Å²) in [6, 6.07) is -2.31. The molecule has 4 heteroatoms. The molecule has 1 aliphatic rings. The maximum Gasteiger partial charge on any atom is 0.131 e. The Bertz CT molecular complexity index is 666. The van der Waals surface area contributed by atoms with Gasteiger partial charge in [-0.05, 0) is 12.1 Å². The van der Waals surface area contributed by atoms with E-state index in [0.717, 1.165) is 0 Å². The summed E-state index contributed by atoms with van der Waals surface area (Å²) in [7, 11) is 0. The highest BCUT2D eigenvalue weighted by Gasteiger charge is 2.11. The van der Waals surface area contributed by atoms with Gasteiger partial charge in [0, 0.05) is 13.0 Å². The molecular weight excluding hydrogens is 166 g/mol. The summed E-state index contributed by atoms with van der Waals surface area (Å²) in [6.45, 7) is -13.2. The summed E-state index contributed by atoms with van der Waals surface area (Å²) in [4.78, 5) is 3.48. The predicted octanol–water partition coefficient (Wildman–Crippen LogP) is 0.500. The van der Waals surface area contributed by atoms with Crippen LogP contribution in [0.5, 0.6) is 0 Å². The van der Waals surface area contributed by atoms with E-state index >= 15 is 0 Å². The second-order valence-electron chi connectivity index (χ2n) is 2.06. The first-order valence-corrected chi connectivity index (χ1v) is 3.31. The van der Waals surface area contributed by atoms with Gasteiger partial charge in [0.15, 0.2) is 0 Å². The van der Waals surface area contributed by atoms with Gasteiger partial charge < -0.3 is 15.4 Å². The van der Waals surface area contributed by atoms with Crippen molar-refractivity contribution in [2.45, 2.75) is 0 Å². The van der Waals surface area contributed by atoms with Crippen LogP contribution in [0.2, 0.25) is 0 Å². The van der Waals surface area contributed by atoms with Gasteiger partial charge in [-0.3, -0.25) is 0 Å². The molecule has 13 heavy (non-hydrogen) atoms. The van der Waals surface area contributed by atoms with E-state index in [0.29, 0.717) is 0 Å². The van der Waals surface area contributed by atoms with Gasteiger partial charge in [0.2, 0.25) is 0 Å². The first-order valence-electron chi connectivity index (χ1n) is 8.81. The van der Waals surface area contributed by atoms with Crippen LogP contribution in [0, 0.1) is 0 Å². The van der Waals surface area contributed by atoms with E-state index in [-0.39, 0.29) is 4.90 Å². The average Bonchev–Trinajstić information content (AvgIpc) is 2.39. The number of anilines is 2. The van der Waals surface area contributed by atoms with Gasteiger partial charge in [-0.15, -0.1) is 0 Å². The zero-order valence-corrected chi connectivity index (χ0v) is 6.38. The first kappa shape index (κ1) is 2.39. The van der Waals surface area contributed by atoms with Crippen LogP contribution >= 0.6 is 0 Å². The van der Waals surface area contributed by atoms with Crippen LogP contribution in [0.3, 0.4) is 0 Å². The number of nitrogens with two attached hydrogens (primary N) is 1. The number of nitrogens with zero attached hydrogens (tertiary/aromatic N) is 2. The normalized spacial score (nSPS) is 45.2. The van der Waals surface area contributed by atoms with Crippen LogP contribution in [-0.2, 0) is 4.74 Å². The van der Waals surface area contributed by atoms with E-state index in [9.17, 15) is 0 Å². The van der Waals surface area contributed by atoms with Gasteiger partial charge in [0.25, 0.3) is 0 Å². The van der Waals surface area contributed by atoms with Crippen LogP contribution < -0.4 is 10.6 Å². The van der Waals surface area contributed by atoms with E-state index in [1.54, 1.807) is 0 Å². The van der Waals surface area contributed by atoms with Crippen molar-refractivity contribution in [1.82, 2.24) is 4.98 Å². The number of aromatic nitrogens is 1. The summed E-state index contributed by atoms with van der Waals surface area (Å²) in [5.74, 6) is -1.51. The van der Waals surface area contributed by atoms with E-state index in [2.05, 4.69) is 9.72 Å². The molecule has 0 bridgehead atoms. The maximum absolute atomic E-state index is 7.86. The average molecular weight is 190 g/mol. The Labute approximate surface area is 92.8 Å². The minimum Gasteiger partial charge on any atom is -0.384 e. The molecule has 0 aliphatic carbocycles. The highest BCUT2D eigenvalue weighted by molar-refractivity contribution is 5.44. The van der Waals surface area contributed by atoms with Crippen molar-refractivity contribution in [1.29, 1.82) is 0 Å². The monoisotopic (exact) mass is 190 g/mol. The molecule has 70 valence electrons. The standard InChI is InChI=1S/C9H13N3O/c10-8-2-1-3-9(11-8)12-4-6-13-7-5-12/h1-3H,4-7H2,(H2,10,11)/i1D,2D,3D,4D2,5D2,6D2,7D2. The van der Waals surface area contributed by atoms with Crippen molar-refractivity contribution >= 4 is 11.6 Å². The molecule has 1 fully saturated rings. The predicted molar refractivity (Wildman–Crippen MR) is 51.7 cm³/mol. The van der Waals surface area contributed by atoms with Gasteiger partial charge in [-0.25, -0.2) is 4.98 Å². The van der Waals surface area contributed by atoms with Crippen LogP contribution in [0.25, 0.3) is 0 Å². The topological polar surface area (TPSA) is 51.4 Å². The molecule has 1 saturated heterocycles. The minimum absolute atomic E-state index is 0.0420. The third-order valence-electron chi connectivity index (χ3n) is 1.22. The number of hydrogen-bond acceptors (Lipinski definition) is 4. The first-order chi connectivity index (χ1) is 10.6. The largest absolute Gasteiger partial charge is 0.384 e. The molecule has 0 aromatic carbocycles. The van der Waals surface area contributed by atoms with Crippen LogP contribution in [0.4, 0.5) is 11.6 Å². The van der Waals surface area contributed by atoms with Gasteiger partial charge in [0.05, 0.1) is 28.2 Å². The number of pyridine rings is 1. The molecular formula is C9H13N3O. The molecule has 2 N–H and O–H groups in total. The number of rotatable bonds is 1. The van der Waals surface area contributed by atoms with Gasteiger partial charge in [-0.1, -0.05) is 6.04 Å². The fraction of sp³-hybridized carbons (Fsp3) is 0.444. The third kappa shape index (κ3) is 1.89. The Balaban J connectivity index is 2.83. The van der Waals surface area contributed by atoms with Crippen molar-refractivity contribution in [2.75, 3.05) is 36.7 Å². The Kier molecular flexibility index (Phi) is 0.665. The van der Waals surface area contributed by atoms with Crippen molar-refractivity contribution < 1.29 is 19.8 Å². The van der Waals surface area contributed by atoms with Gasteiger partial charge in [0.1, 0.15) is 11.6 Å². The molecule has 4 nitrogen and oxygen atoms in total. The van der Waals surface area contributed by atoms with Crippen molar-refractivity contribution in [3.8, 4) is 0 Å². The highest BCUT2D eigenvalue weighted by atomic mass is 16.5. The van der Waals surface area contributed by atoms with E-state index in [1.807, 2.05) is 0 Å². The zero-order valence-electron chi connectivity index (χ0n) is 17.4. The van der Waals surface area contributed by atoms with Crippen molar-refractivity contribution in [3.05, 3.63) is 18.1 Å². The summed E-state index contributed by atoms with van der Waals surface area (Å²) >= 11 is 0. The molecule has 0 atom stereocenters. The lowest BCUT2D eigenvalue weighted by atomic mass is 10.3. The summed E-state index contributed by atoms with van der Waals surface area (Å²) in [5.41, 5.74) is 5.42. The van der Waals surface area contributed by atoms with E-state index in [1.165, 1.54) is 0 Å². The molecule has 1 aromatic heterocycles. The van der Waals surface area contributed by atoms with Crippen LogP contribution in [0.15, 0.2) is 18.1 Å². The molecule has 1 aromatic rings. The Morgan fingerprint density at radius 1 is 1.54 bits per heavy atom. The molecule has 0 amide bonds. The highest BCUT2D eigenvalue weighted by Crippen LogP contribution is 2.13. The van der Waals surface area contributed by atoms with Gasteiger partial charge >= 0.3 is 0 Å².